The Kier molecular flexibility index (Phi) is 7.14. The minimum atomic E-state index is 0.0130. The lowest BCUT2D eigenvalue weighted by molar-refractivity contribution is -0.121. The molecule has 0 spiro atoms. The van der Waals surface area contributed by atoms with Gasteiger partial charge in [0.2, 0.25) is 5.91 Å². The van der Waals surface area contributed by atoms with Crippen molar-refractivity contribution in [2.75, 3.05) is 20.3 Å². The van der Waals surface area contributed by atoms with E-state index in [2.05, 4.69) is 11.4 Å². The number of methoxy groups -OCH3 is 1. The van der Waals surface area contributed by atoms with Crippen LogP contribution in [0.2, 0.25) is 5.02 Å². The topological polar surface area (TPSA) is 47.6 Å². The number of ether oxygens (including phenoxy) is 2. The van der Waals surface area contributed by atoms with E-state index in [1.165, 1.54) is 0 Å². The molecule has 2 rings (SSSR count). The van der Waals surface area contributed by atoms with Gasteiger partial charge >= 0.3 is 0 Å². The molecule has 5 heteroatoms. The number of aryl methyl sites for hydroxylation is 3. The van der Waals surface area contributed by atoms with Crippen LogP contribution in [0.4, 0.5) is 0 Å². The average molecular weight is 362 g/mol. The predicted octanol–water partition coefficient (Wildman–Crippen LogP) is 4.09. The Labute approximate surface area is 154 Å². The van der Waals surface area contributed by atoms with E-state index in [4.69, 9.17) is 21.1 Å². The molecule has 0 saturated carbocycles. The summed E-state index contributed by atoms with van der Waals surface area (Å²) in [5.41, 5.74) is 3.21. The third-order valence-corrected chi connectivity index (χ3v) is 4.34. The Balaban J connectivity index is 1.68. The molecule has 0 heterocycles. The van der Waals surface area contributed by atoms with Crippen molar-refractivity contribution >= 4 is 17.5 Å². The van der Waals surface area contributed by atoms with Crippen LogP contribution < -0.4 is 14.8 Å². The van der Waals surface area contributed by atoms with Gasteiger partial charge in [-0.3, -0.25) is 4.79 Å². The number of rotatable bonds is 8. The highest BCUT2D eigenvalue weighted by Gasteiger charge is 2.05. The second-order valence-electron chi connectivity index (χ2n) is 5.91. The first-order valence-electron chi connectivity index (χ1n) is 8.29. The first-order valence-corrected chi connectivity index (χ1v) is 8.66. The Bertz CT molecular complexity index is 731. The summed E-state index contributed by atoms with van der Waals surface area (Å²) in [6, 6.07) is 11.5. The monoisotopic (exact) mass is 361 g/mol. The minimum absolute atomic E-state index is 0.0130. The van der Waals surface area contributed by atoms with Gasteiger partial charge in [-0.2, -0.15) is 0 Å². The highest BCUT2D eigenvalue weighted by atomic mass is 35.5. The molecular formula is C20H24ClNO3. The van der Waals surface area contributed by atoms with Crippen LogP contribution in [0.1, 0.15) is 23.1 Å². The molecule has 25 heavy (non-hydrogen) atoms. The summed E-state index contributed by atoms with van der Waals surface area (Å²) in [6.45, 7) is 4.81. The van der Waals surface area contributed by atoms with Gasteiger partial charge in [0.1, 0.15) is 18.1 Å². The predicted molar refractivity (Wildman–Crippen MR) is 101 cm³/mol. The van der Waals surface area contributed by atoms with Crippen LogP contribution in [0, 0.1) is 13.8 Å². The molecular weight excluding hydrogens is 338 g/mol. The molecule has 0 bridgehead atoms. The molecule has 0 saturated heterocycles. The van der Waals surface area contributed by atoms with Crippen LogP contribution in [0.15, 0.2) is 36.4 Å². The maximum atomic E-state index is 11.9. The van der Waals surface area contributed by atoms with Gasteiger partial charge in [-0.1, -0.05) is 29.8 Å². The van der Waals surface area contributed by atoms with Crippen molar-refractivity contribution in [1.29, 1.82) is 0 Å². The van der Waals surface area contributed by atoms with Gasteiger partial charge in [0.05, 0.1) is 13.7 Å². The minimum Gasteiger partial charge on any atom is -0.496 e. The van der Waals surface area contributed by atoms with Crippen LogP contribution >= 0.6 is 11.6 Å². The van der Waals surface area contributed by atoms with E-state index in [-0.39, 0.29) is 5.91 Å². The molecule has 0 aliphatic carbocycles. The van der Waals surface area contributed by atoms with Crippen LogP contribution in [0.25, 0.3) is 0 Å². The van der Waals surface area contributed by atoms with Crippen molar-refractivity contribution in [1.82, 2.24) is 5.32 Å². The van der Waals surface area contributed by atoms with Gasteiger partial charge in [0, 0.05) is 11.4 Å². The number of nitrogens with one attached hydrogen (secondary N) is 1. The zero-order chi connectivity index (χ0) is 18.2. The first kappa shape index (κ1) is 19.1. The molecule has 2 aromatic rings. The van der Waals surface area contributed by atoms with Gasteiger partial charge in [0.25, 0.3) is 0 Å². The number of benzene rings is 2. The molecule has 1 N–H and O–H groups in total. The van der Waals surface area contributed by atoms with Crippen LogP contribution in [0.3, 0.4) is 0 Å². The van der Waals surface area contributed by atoms with Crippen molar-refractivity contribution in [2.24, 2.45) is 0 Å². The molecule has 0 radical (unpaired) electrons. The van der Waals surface area contributed by atoms with Gasteiger partial charge < -0.3 is 14.8 Å². The van der Waals surface area contributed by atoms with Crippen LogP contribution in [-0.4, -0.2) is 26.2 Å². The highest BCUT2D eigenvalue weighted by Crippen LogP contribution is 2.21. The SMILES string of the molecule is COc1ccc(CCC(=O)NCCOc2ccc(C)c(Cl)c2)cc1C. The number of halogens is 1. The third kappa shape index (κ3) is 5.98. The smallest absolute Gasteiger partial charge is 0.220 e. The number of carbonyl (C=O) groups is 1. The van der Waals surface area contributed by atoms with E-state index >= 15 is 0 Å². The lowest BCUT2D eigenvalue weighted by Gasteiger charge is -2.10. The lowest BCUT2D eigenvalue weighted by Crippen LogP contribution is -2.28. The fourth-order valence-electron chi connectivity index (χ4n) is 2.46. The zero-order valence-corrected chi connectivity index (χ0v) is 15.7. The molecule has 134 valence electrons. The molecule has 0 atom stereocenters. The van der Waals surface area contributed by atoms with E-state index < -0.39 is 0 Å². The summed E-state index contributed by atoms with van der Waals surface area (Å²) < 4.78 is 10.8. The summed E-state index contributed by atoms with van der Waals surface area (Å²) in [5.74, 6) is 1.58. The Hall–Kier alpha value is -2.20. The molecule has 4 nitrogen and oxygen atoms in total. The van der Waals surface area contributed by atoms with Crippen molar-refractivity contribution in [3.8, 4) is 11.5 Å². The lowest BCUT2D eigenvalue weighted by atomic mass is 10.1. The molecule has 0 fully saturated rings. The summed E-state index contributed by atoms with van der Waals surface area (Å²) >= 11 is 6.05. The fourth-order valence-corrected chi connectivity index (χ4v) is 2.64. The van der Waals surface area contributed by atoms with Gasteiger partial charge in [-0.25, -0.2) is 0 Å². The van der Waals surface area contributed by atoms with Gasteiger partial charge in [-0.15, -0.1) is 0 Å². The van der Waals surface area contributed by atoms with Crippen LogP contribution in [0.5, 0.6) is 11.5 Å². The molecule has 2 aromatic carbocycles. The standard InChI is InChI=1S/C20H24ClNO3/c1-14-4-7-17(13-18(14)21)25-11-10-22-20(23)9-6-16-5-8-19(24-3)15(2)12-16/h4-5,7-8,12-13H,6,9-11H2,1-3H3,(H,22,23). The molecule has 0 unspecified atom stereocenters. The molecule has 0 aliphatic rings. The Morgan fingerprint density at radius 3 is 2.60 bits per heavy atom. The summed E-state index contributed by atoms with van der Waals surface area (Å²) in [5, 5.41) is 3.54. The highest BCUT2D eigenvalue weighted by molar-refractivity contribution is 6.31. The number of carbonyl (C=O) groups excluding carboxylic acids is 1. The quantitative estimate of drug-likeness (QED) is 0.720. The summed E-state index contributed by atoms with van der Waals surface area (Å²) in [6.07, 6.45) is 1.15. The van der Waals surface area contributed by atoms with Crippen LogP contribution in [-0.2, 0) is 11.2 Å². The summed E-state index contributed by atoms with van der Waals surface area (Å²) in [4.78, 5) is 11.9. The van der Waals surface area contributed by atoms with E-state index in [1.807, 2.05) is 38.1 Å². The maximum Gasteiger partial charge on any atom is 0.220 e. The number of hydrogen-bond donors (Lipinski definition) is 1. The third-order valence-electron chi connectivity index (χ3n) is 3.94. The first-order chi connectivity index (χ1) is 12.0. The van der Waals surface area contributed by atoms with Crippen molar-refractivity contribution < 1.29 is 14.3 Å². The van der Waals surface area contributed by atoms with Gasteiger partial charge in [-0.05, 0) is 55.2 Å². The second kappa shape index (κ2) is 9.33. The van der Waals surface area contributed by atoms with Crippen molar-refractivity contribution in [2.45, 2.75) is 26.7 Å². The zero-order valence-electron chi connectivity index (χ0n) is 14.9. The van der Waals surface area contributed by atoms with E-state index in [0.717, 1.165) is 22.4 Å². The van der Waals surface area contributed by atoms with E-state index in [0.29, 0.717) is 36.8 Å². The summed E-state index contributed by atoms with van der Waals surface area (Å²) in [7, 11) is 1.65. The fraction of sp³-hybridized carbons (Fsp3) is 0.350. The van der Waals surface area contributed by atoms with E-state index in [9.17, 15) is 4.79 Å². The second-order valence-corrected chi connectivity index (χ2v) is 6.32. The van der Waals surface area contributed by atoms with E-state index in [1.54, 1.807) is 13.2 Å². The normalized spacial score (nSPS) is 10.4. The van der Waals surface area contributed by atoms with Crippen molar-refractivity contribution in [3.63, 3.8) is 0 Å². The number of hydrogen-bond acceptors (Lipinski definition) is 3. The molecule has 0 aromatic heterocycles. The maximum absolute atomic E-state index is 11.9. The Morgan fingerprint density at radius 2 is 1.92 bits per heavy atom. The largest absolute Gasteiger partial charge is 0.496 e. The molecule has 0 aliphatic heterocycles. The average Bonchev–Trinajstić information content (AvgIpc) is 2.60. The van der Waals surface area contributed by atoms with Crippen molar-refractivity contribution in [3.05, 3.63) is 58.1 Å². The molecule has 1 amide bonds. The van der Waals surface area contributed by atoms with Gasteiger partial charge in [0.15, 0.2) is 0 Å². The number of amides is 1. The Morgan fingerprint density at radius 1 is 1.12 bits per heavy atom.